The number of halogens is 1. The van der Waals surface area contributed by atoms with Crippen molar-refractivity contribution in [2.24, 2.45) is 5.10 Å². The third-order valence-electron chi connectivity index (χ3n) is 5.59. The van der Waals surface area contributed by atoms with Crippen LogP contribution in [0.5, 0.6) is 0 Å². The molecule has 32 heavy (non-hydrogen) atoms. The molecular weight excluding hydrogens is 472 g/mol. The number of fused-ring (bicyclic) bond motifs is 1. The number of rotatable bonds is 4. The Hall–Kier alpha value is -3.78. The zero-order chi connectivity index (χ0) is 22.2. The molecule has 2 N–H and O–H groups in total. The summed E-state index contributed by atoms with van der Waals surface area (Å²) in [5.74, 6) is 0. The predicted molar refractivity (Wildman–Crippen MR) is 128 cm³/mol. The highest BCUT2D eigenvalue weighted by Crippen LogP contribution is 2.34. The van der Waals surface area contributed by atoms with E-state index in [4.69, 9.17) is 0 Å². The maximum absolute atomic E-state index is 13.2. The molecule has 3 aromatic carbocycles. The molecule has 1 aliphatic heterocycles. The molecule has 1 unspecified atom stereocenters. The van der Waals surface area contributed by atoms with Gasteiger partial charge in [-0.3, -0.25) is 14.9 Å². The van der Waals surface area contributed by atoms with E-state index in [0.717, 1.165) is 32.1 Å². The first-order chi connectivity index (χ1) is 15.5. The van der Waals surface area contributed by atoms with Crippen molar-refractivity contribution in [1.29, 1.82) is 0 Å². The Morgan fingerprint density at radius 1 is 1.00 bits per heavy atom. The average molecular weight is 489 g/mol. The minimum absolute atomic E-state index is 0.0378. The van der Waals surface area contributed by atoms with Crippen molar-refractivity contribution in [2.45, 2.75) is 12.5 Å². The Balaban J connectivity index is 1.61. The van der Waals surface area contributed by atoms with Gasteiger partial charge in [-0.1, -0.05) is 58.4 Å². The van der Waals surface area contributed by atoms with E-state index in [-0.39, 0.29) is 17.3 Å². The molecule has 1 aliphatic rings. The summed E-state index contributed by atoms with van der Waals surface area (Å²) in [6.45, 7) is 0. The molecule has 4 aromatic rings. The minimum atomic E-state index is -0.424. The number of hydrogen-bond acceptors (Lipinski definition) is 5. The number of nitro groups is 1. The van der Waals surface area contributed by atoms with Crippen molar-refractivity contribution in [3.63, 3.8) is 0 Å². The van der Waals surface area contributed by atoms with Gasteiger partial charge in [0.15, 0.2) is 0 Å². The topological polar surface area (TPSA) is 100 Å². The number of aromatic nitrogens is 1. The van der Waals surface area contributed by atoms with Crippen LogP contribution in [0, 0.1) is 10.1 Å². The van der Waals surface area contributed by atoms with E-state index in [1.54, 1.807) is 12.1 Å². The maximum atomic E-state index is 13.2. The van der Waals surface area contributed by atoms with Crippen LogP contribution >= 0.6 is 15.9 Å². The molecule has 0 aliphatic carbocycles. The standard InChI is InChI=1S/C24H17BrN4O3/c25-16-8-11-19-18(12-16)22(15-4-2-1-3-5-15)23(24(30)26-19)21-13-20(27-28-21)14-6-9-17(10-7-14)29(31)32/h1-12,20,27H,13H2,(H,26,30). The molecule has 158 valence electrons. The monoisotopic (exact) mass is 488 g/mol. The molecule has 1 atom stereocenters. The number of H-pyrrole nitrogens is 1. The molecule has 7 nitrogen and oxygen atoms in total. The average Bonchev–Trinajstić information content (AvgIpc) is 3.29. The zero-order valence-corrected chi connectivity index (χ0v) is 18.3. The van der Waals surface area contributed by atoms with Crippen LogP contribution in [0.2, 0.25) is 0 Å². The van der Waals surface area contributed by atoms with Crippen LogP contribution < -0.4 is 11.0 Å². The van der Waals surface area contributed by atoms with E-state index in [9.17, 15) is 14.9 Å². The molecule has 2 heterocycles. The molecule has 0 saturated carbocycles. The summed E-state index contributed by atoms with van der Waals surface area (Å²) in [5.41, 5.74) is 7.48. The van der Waals surface area contributed by atoms with Crippen LogP contribution in [0.3, 0.4) is 0 Å². The Bertz CT molecular complexity index is 1430. The second kappa shape index (κ2) is 8.05. The highest BCUT2D eigenvalue weighted by atomic mass is 79.9. The highest BCUT2D eigenvalue weighted by Gasteiger charge is 2.27. The summed E-state index contributed by atoms with van der Waals surface area (Å²) in [4.78, 5) is 26.7. The normalized spacial score (nSPS) is 15.4. The number of benzene rings is 3. The molecule has 1 aromatic heterocycles. The summed E-state index contributed by atoms with van der Waals surface area (Å²) in [7, 11) is 0. The number of non-ortho nitro benzene ring substituents is 1. The summed E-state index contributed by atoms with van der Waals surface area (Å²) < 4.78 is 0.912. The van der Waals surface area contributed by atoms with Gasteiger partial charge in [0.2, 0.25) is 0 Å². The van der Waals surface area contributed by atoms with Gasteiger partial charge in [-0.25, -0.2) is 0 Å². The second-order valence-corrected chi connectivity index (χ2v) is 8.47. The molecular formula is C24H17BrN4O3. The van der Waals surface area contributed by atoms with Crippen LogP contribution in [0.4, 0.5) is 5.69 Å². The lowest BCUT2D eigenvalue weighted by Crippen LogP contribution is -2.20. The van der Waals surface area contributed by atoms with Crippen molar-refractivity contribution >= 4 is 38.2 Å². The van der Waals surface area contributed by atoms with Gasteiger partial charge < -0.3 is 10.4 Å². The van der Waals surface area contributed by atoms with Crippen molar-refractivity contribution in [2.75, 3.05) is 0 Å². The summed E-state index contributed by atoms with van der Waals surface area (Å²) >= 11 is 3.54. The van der Waals surface area contributed by atoms with Crippen LogP contribution in [0.1, 0.15) is 23.6 Å². The fourth-order valence-corrected chi connectivity index (χ4v) is 4.43. The van der Waals surface area contributed by atoms with Gasteiger partial charge in [0.05, 0.1) is 22.2 Å². The predicted octanol–water partition coefficient (Wildman–Crippen LogP) is 5.30. The van der Waals surface area contributed by atoms with E-state index < -0.39 is 4.92 Å². The van der Waals surface area contributed by atoms with Crippen LogP contribution in [-0.4, -0.2) is 15.6 Å². The molecule has 0 saturated heterocycles. The van der Waals surface area contributed by atoms with Crippen LogP contribution in [-0.2, 0) is 0 Å². The van der Waals surface area contributed by atoms with Gasteiger partial charge in [0.1, 0.15) is 0 Å². The molecule has 0 radical (unpaired) electrons. The van der Waals surface area contributed by atoms with E-state index in [2.05, 4.69) is 31.4 Å². The van der Waals surface area contributed by atoms with Gasteiger partial charge >= 0.3 is 0 Å². The van der Waals surface area contributed by atoms with Gasteiger partial charge in [0.25, 0.3) is 11.2 Å². The van der Waals surface area contributed by atoms with E-state index >= 15 is 0 Å². The molecule has 0 bridgehead atoms. The van der Waals surface area contributed by atoms with E-state index in [1.807, 2.05) is 48.5 Å². The zero-order valence-electron chi connectivity index (χ0n) is 16.7. The van der Waals surface area contributed by atoms with Gasteiger partial charge in [0, 0.05) is 39.5 Å². The Morgan fingerprint density at radius 2 is 1.75 bits per heavy atom. The van der Waals surface area contributed by atoms with Crippen molar-refractivity contribution in [3.8, 4) is 11.1 Å². The molecule has 8 heteroatoms. The maximum Gasteiger partial charge on any atom is 0.269 e. The largest absolute Gasteiger partial charge is 0.321 e. The summed E-state index contributed by atoms with van der Waals surface area (Å²) in [5, 5.41) is 16.4. The lowest BCUT2D eigenvalue weighted by Gasteiger charge is -2.14. The Labute approximate surface area is 191 Å². The number of nitrogens with zero attached hydrogens (tertiary/aromatic N) is 2. The first-order valence-corrected chi connectivity index (χ1v) is 10.8. The summed E-state index contributed by atoms with van der Waals surface area (Å²) in [6.07, 6.45) is 0.486. The van der Waals surface area contributed by atoms with Crippen molar-refractivity contribution in [3.05, 3.63) is 109 Å². The molecule has 0 amide bonds. The van der Waals surface area contributed by atoms with E-state index in [1.165, 1.54) is 12.1 Å². The van der Waals surface area contributed by atoms with Gasteiger partial charge in [-0.15, -0.1) is 0 Å². The smallest absolute Gasteiger partial charge is 0.269 e. The SMILES string of the molecule is O=c1[nH]c2ccc(Br)cc2c(-c2ccccc2)c1C1=NNC(c2ccc([N+](=O)[O-])cc2)C1. The number of nitro benzene ring substituents is 1. The number of hydrogen-bond donors (Lipinski definition) is 2. The fraction of sp³-hybridized carbons (Fsp3) is 0.0833. The number of pyridine rings is 1. The van der Waals surface area contributed by atoms with Gasteiger partial charge in [-0.05, 0) is 29.3 Å². The quantitative estimate of drug-likeness (QED) is 0.300. The number of hydrazone groups is 1. The van der Waals surface area contributed by atoms with Crippen molar-refractivity contribution < 1.29 is 4.92 Å². The lowest BCUT2D eigenvalue weighted by molar-refractivity contribution is -0.384. The third-order valence-corrected chi connectivity index (χ3v) is 6.08. The minimum Gasteiger partial charge on any atom is -0.321 e. The van der Waals surface area contributed by atoms with Crippen LogP contribution in [0.25, 0.3) is 22.0 Å². The molecule has 0 spiro atoms. The second-order valence-electron chi connectivity index (χ2n) is 7.55. The van der Waals surface area contributed by atoms with Gasteiger partial charge in [-0.2, -0.15) is 5.10 Å². The Morgan fingerprint density at radius 3 is 2.47 bits per heavy atom. The van der Waals surface area contributed by atoms with E-state index in [0.29, 0.717) is 17.7 Å². The Kier molecular flexibility index (Phi) is 5.07. The van der Waals surface area contributed by atoms with Crippen molar-refractivity contribution in [1.82, 2.24) is 10.4 Å². The fourth-order valence-electron chi connectivity index (χ4n) is 4.06. The first-order valence-electron chi connectivity index (χ1n) is 9.99. The number of aromatic amines is 1. The molecule has 5 rings (SSSR count). The number of nitrogens with one attached hydrogen (secondary N) is 2. The molecule has 0 fully saturated rings. The lowest BCUT2D eigenvalue weighted by atomic mass is 9.91. The highest BCUT2D eigenvalue weighted by molar-refractivity contribution is 9.10. The first kappa shape index (κ1) is 20.1. The third kappa shape index (κ3) is 3.58. The van der Waals surface area contributed by atoms with Crippen LogP contribution in [0.15, 0.2) is 87.2 Å². The summed E-state index contributed by atoms with van der Waals surface area (Å²) in [6, 6.07) is 21.8.